The van der Waals surface area contributed by atoms with E-state index in [1.165, 1.54) is 6.42 Å². The predicted octanol–water partition coefficient (Wildman–Crippen LogP) is 3.37. The third-order valence-electron chi connectivity index (χ3n) is 6.51. The predicted molar refractivity (Wildman–Crippen MR) is 118 cm³/mol. The molecule has 3 unspecified atom stereocenters. The van der Waals surface area contributed by atoms with Gasteiger partial charge in [-0.2, -0.15) is 0 Å². The van der Waals surface area contributed by atoms with Crippen LogP contribution in [0.25, 0.3) is 0 Å². The lowest BCUT2D eigenvalue weighted by atomic mass is 9.83. The Morgan fingerprint density at radius 2 is 1.68 bits per heavy atom. The summed E-state index contributed by atoms with van der Waals surface area (Å²) in [5, 5.41) is 5.95. The number of carbonyl (C=O) groups excluding carboxylic acids is 3. The van der Waals surface area contributed by atoms with E-state index < -0.39 is 11.6 Å². The molecule has 4 amide bonds. The minimum atomic E-state index is -1.22. The zero-order valence-electron chi connectivity index (χ0n) is 17.8. The lowest BCUT2D eigenvalue weighted by molar-refractivity contribution is -0.135. The van der Waals surface area contributed by atoms with E-state index in [1.807, 2.05) is 60.7 Å². The molecule has 0 aromatic heterocycles. The van der Waals surface area contributed by atoms with E-state index >= 15 is 0 Å². The molecular weight excluding hydrogens is 390 g/mol. The molecule has 1 aliphatic carbocycles. The van der Waals surface area contributed by atoms with Crippen LogP contribution >= 0.6 is 0 Å². The number of imide groups is 1. The van der Waals surface area contributed by atoms with E-state index in [-0.39, 0.29) is 24.4 Å². The van der Waals surface area contributed by atoms with E-state index in [0.29, 0.717) is 17.9 Å². The average molecular weight is 420 g/mol. The quantitative estimate of drug-likeness (QED) is 0.705. The molecule has 1 aliphatic heterocycles. The normalized spacial score (nSPS) is 25.9. The molecule has 31 heavy (non-hydrogen) atoms. The van der Waals surface area contributed by atoms with Crippen LogP contribution in [0.2, 0.25) is 0 Å². The van der Waals surface area contributed by atoms with Crippen molar-refractivity contribution >= 4 is 17.8 Å². The third kappa shape index (κ3) is 4.33. The number of rotatable bonds is 6. The largest absolute Gasteiger partial charge is 0.352 e. The third-order valence-corrected chi connectivity index (χ3v) is 6.51. The van der Waals surface area contributed by atoms with E-state index in [1.54, 1.807) is 0 Å². The lowest BCUT2D eigenvalue weighted by Crippen LogP contribution is -2.48. The Labute approximate surface area is 183 Å². The molecule has 0 bridgehead atoms. The van der Waals surface area contributed by atoms with Gasteiger partial charge in [-0.1, -0.05) is 80.4 Å². The molecule has 2 aromatic rings. The zero-order chi connectivity index (χ0) is 21.8. The Balaban J connectivity index is 1.56. The van der Waals surface area contributed by atoms with Gasteiger partial charge in [0.15, 0.2) is 5.54 Å². The summed E-state index contributed by atoms with van der Waals surface area (Å²) >= 11 is 0. The highest BCUT2D eigenvalue weighted by Gasteiger charge is 2.52. The summed E-state index contributed by atoms with van der Waals surface area (Å²) in [4.78, 5) is 40.2. The highest BCUT2D eigenvalue weighted by Crippen LogP contribution is 2.33. The molecule has 0 spiro atoms. The SMILES string of the molecule is CC1CCCCC1NC(=O)CN1C(=O)NC(Cc2ccccc2)(c2ccccc2)C1=O. The minimum Gasteiger partial charge on any atom is -0.352 e. The monoisotopic (exact) mass is 419 g/mol. The summed E-state index contributed by atoms with van der Waals surface area (Å²) in [6.45, 7) is 1.87. The Kier molecular flexibility index (Phi) is 6.07. The van der Waals surface area contributed by atoms with Crippen LogP contribution in [0, 0.1) is 5.92 Å². The molecule has 6 nitrogen and oxygen atoms in total. The molecule has 2 aliphatic rings. The second-order valence-corrected chi connectivity index (χ2v) is 8.69. The maximum absolute atomic E-state index is 13.6. The number of hydrogen-bond acceptors (Lipinski definition) is 3. The van der Waals surface area contributed by atoms with Crippen molar-refractivity contribution in [2.45, 2.75) is 50.6 Å². The Morgan fingerprint density at radius 1 is 1.03 bits per heavy atom. The van der Waals surface area contributed by atoms with Gasteiger partial charge >= 0.3 is 6.03 Å². The van der Waals surface area contributed by atoms with Crippen molar-refractivity contribution in [2.75, 3.05) is 6.54 Å². The van der Waals surface area contributed by atoms with Gasteiger partial charge in [0, 0.05) is 12.5 Å². The zero-order valence-corrected chi connectivity index (χ0v) is 17.8. The summed E-state index contributed by atoms with van der Waals surface area (Å²) in [5.41, 5.74) is 0.418. The Hall–Kier alpha value is -3.15. The fraction of sp³-hybridized carbons (Fsp3) is 0.400. The molecule has 3 atom stereocenters. The van der Waals surface area contributed by atoms with Gasteiger partial charge in [-0.25, -0.2) is 4.79 Å². The second-order valence-electron chi connectivity index (χ2n) is 8.69. The smallest absolute Gasteiger partial charge is 0.325 e. The minimum absolute atomic E-state index is 0.102. The lowest BCUT2D eigenvalue weighted by Gasteiger charge is -2.30. The first-order chi connectivity index (χ1) is 15.0. The summed E-state index contributed by atoms with van der Waals surface area (Å²) in [7, 11) is 0. The van der Waals surface area contributed by atoms with Crippen LogP contribution in [-0.4, -0.2) is 35.3 Å². The highest BCUT2D eigenvalue weighted by atomic mass is 16.2. The van der Waals surface area contributed by atoms with Gasteiger partial charge in [-0.15, -0.1) is 0 Å². The number of urea groups is 1. The molecule has 4 rings (SSSR count). The summed E-state index contributed by atoms with van der Waals surface area (Å²) in [6, 6.07) is 18.4. The van der Waals surface area contributed by atoms with Crippen LogP contribution < -0.4 is 10.6 Å². The van der Waals surface area contributed by atoms with Crippen LogP contribution in [0.15, 0.2) is 60.7 Å². The Morgan fingerprint density at radius 3 is 2.35 bits per heavy atom. The van der Waals surface area contributed by atoms with Gasteiger partial charge in [0.05, 0.1) is 0 Å². The molecule has 2 N–H and O–H groups in total. The Bertz CT molecular complexity index is 947. The van der Waals surface area contributed by atoms with Crippen molar-refractivity contribution in [3.63, 3.8) is 0 Å². The molecule has 0 radical (unpaired) electrons. The number of nitrogens with one attached hydrogen (secondary N) is 2. The van der Waals surface area contributed by atoms with Crippen LogP contribution in [0.3, 0.4) is 0 Å². The topological polar surface area (TPSA) is 78.5 Å². The van der Waals surface area contributed by atoms with E-state index in [9.17, 15) is 14.4 Å². The van der Waals surface area contributed by atoms with Gasteiger partial charge < -0.3 is 10.6 Å². The van der Waals surface area contributed by atoms with Crippen molar-refractivity contribution < 1.29 is 14.4 Å². The molecule has 6 heteroatoms. The number of hydrogen-bond donors (Lipinski definition) is 2. The summed E-state index contributed by atoms with van der Waals surface area (Å²) in [5.74, 6) is -0.271. The van der Waals surface area contributed by atoms with Gasteiger partial charge in [0.2, 0.25) is 5.91 Å². The number of amides is 4. The number of benzene rings is 2. The molecule has 1 heterocycles. The highest BCUT2D eigenvalue weighted by molar-refractivity contribution is 6.09. The van der Waals surface area contributed by atoms with Gasteiger partial charge in [-0.05, 0) is 29.9 Å². The first kappa shape index (κ1) is 21.1. The summed E-state index contributed by atoms with van der Waals surface area (Å²) in [6.07, 6.45) is 4.61. The van der Waals surface area contributed by atoms with Crippen molar-refractivity contribution in [1.82, 2.24) is 15.5 Å². The standard InChI is InChI=1S/C25H29N3O3/c1-18-10-8-9-15-21(18)26-22(29)17-28-23(30)25(27-24(28)31,20-13-6-3-7-14-20)16-19-11-4-2-5-12-19/h2-7,11-14,18,21H,8-10,15-17H2,1H3,(H,26,29)(H,27,31). The van der Waals surface area contributed by atoms with Crippen molar-refractivity contribution in [3.8, 4) is 0 Å². The number of nitrogens with zero attached hydrogens (tertiary/aromatic N) is 1. The summed E-state index contributed by atoms with van der Waals surface area (Å²) < 4.78 is 0. The van der Waals surface area contributed by atoms with Gasteiger partial charge in [0.1, 0.15) is 6.54 Å². The van der Waals surface area contributed by atoms with Crippen LogP contribution in [0.5, 0.6) is 0 Å². The number of carbonyl (C=O) groups is 3. The van der Waals surface area contributed by atoms with Crippen LogP contribution in [-0.2, 0) is 21.5 Å². The first-order valence-corrected chi connectivity index (χ1v) is 11.0. The molecule has 2 aromatic carbocycles. The maximum Gasteiger partial charge on any atom is 0.325 e. The fourth-order valence-electron chi connectivity index (χ4n) is 4.74. The van der Waals surface area contributed by atoms with Gasteiger partial charge in [-0.3, -0.25) is 14.5 Å². The molecule has 1 saturated heterocycles. The average Bonchev–Trinajstić information content (AvgIpc) is 3.01. The van der Waals surface area contributed by atoms with Crippen molar-refractivity contribution in [3.05, 3.63) is 71.8 Å². The van der Waals surface area contributed by atoms with Crippen molar-refractivity contribution in [1.29, 1.82) is 0 Å². The molecule has 162 valence electrons. The van der Waals surface area contributed by atoms with Gasteiger partial charge in [0.25, 0.3) is 5.91 Å². The first-order valence-electron chi connectivity index (χ1n) is 11.0. The van der Waals surface area contributed by atoms with E-state index in [0.717, 1.165) is 29.7 Å². The van der Waals surface area contributed by atoms with Crippen LogP contribution in [0.1, 0.15) is 43.7 Å². The fourth-order valence-corrected chi connectivity index (χ4v) is 4.74. The van der Waals surface area contributed by atoms with E-state index in [4.69, 9.17) is 0 Å². The maximum atomic E-state index is 13.6. The second kappa shape index (κ2) is 8.92. The molecule has 2 fully saturated rings. The molecular formula is C25H29N3O3. The van der Waals surface area contributed by atoms with Crippen molar-refractivity contribution in [2.24, 2.45) is 5.92 Å². The van der Waals surface area contributed by atoms with Crippen LogP contribution in [0.4, 0.5) is 4.79 Å². The molecule has 1 saturated carbocycles. The van der Waals surface area contributed by atoms with E-state index in [2.05, 4.69) is 17.6 Å².